The van der Waals surface area contributed by atoms with Crippen LogP contribution in [0.4, 0.5) is 0 Å². The van der Waals surface area contributed by atoms with Gasteiger partial charge in [-0.3, -0.25) is 0 Å². The minimum Gasteiger partial charge on any atom is -0.376 e. The minimum atomic E-state index is 0.557. The molecule has 0 aliphatic heterocycles. The van der Waals surface area contributed by atoms with Gasteiger partial charge in [-0.15, -0.1) is 11.6 Å². The highest BCUT2D eigenvalue weighted by Gasteiger charge is 2.11. The molecule has 0 N–H and O–H groups in total. The molecule has 90 valence electrons. The van der Waals surface area contributed by atoms with Crippen LogP contribution in [-0.4, -0.2) is 12.5 Å². The summed E-state index contributed by atoms with van der Waals surface area (Å²) in [5.41, 5.74) is 8.20. The van der Waals surface area contributed by atoms with Gasteiger partial charge in [0, 0.05) is 5.88 Å². The van der Waals surface area contributed by atoms with E-state index in [4.69, 9.17) is 16.3 Å². The van der Waals surface area contributed by atoms with Crippen molar-refractivity contribution < 1.29 is 4.74 Å². The molecule has 0 unspecified atom stereocenters. The second-order valence-corrected chi connectivity index (χ2v) is 4.72. The van der Waals surface area contributed by atoms with Crippen molar-refractivity contribution in [3.8, 4) is 0 Å². The molecule has 1 nitrogen and oxygen atoms in total. The van der Waals surface area contributed by atoms with Crippen LogP contribution in [0.15, 0.2) is 0 Å². The van der Waals surface area contributed by atoms with Gasteiger partial charge in [-0.25, -0.2) is 0 Å². The highest BCUT2D eigenvalue weighted by Crippen LogP contribution is 2.26. The molecule has 0 atom stereocenters. The van der Waals surface area contributed by atoms with Crippen molar-refractivity contribution in [2.24, 2.45) is 0 Å². The Hall–Kier alpha value is -0.530. The minimum absolute atomic E-state index is 0.557. The summed E-state index contributed by atoms with van der Waals surface area (Å²) in [5, 5.41) is 0. The summed E-state index contributed by atoms with van der Waals surface area (Å²) < 4.78 is 5.55. The fourth-order valence-corrected chi connectivity index (χ4v) is 2.13. The maximum atomic E-state index is 5.61. The SMILES string of the molecule is Cc1c(C)c(C)c(COCCCl)c(C)c1C. The van der Waals surface area contributed by atoms with Gasteiger partial charge in [0.05, 0.1) is 13.2 Å². The molecule has 0 bridgehead atoms. The van der Waals surface area contributed by atoms with Gasteiger partial charge in [-0.1, -0.05) is 0 Å². The van der Waals surface area contributed by atoms with Crippen LogP contribution in [0.5, 0.6) is 0 Å². The average Bonchev–Trinajstić information content (AvgIpc) is 2.28. The van der Waals surface area contributed by atoms with Crippen molar-refractivity contribution in [2.45, 2.75) is 41.2 Å². The van der Waals surface area contributed by atoms with Crippen molar-refractivity contribution in [1.29, 1.82) is 0 Å². The van der Waals surface area contributed by atoms with Crippen LogP contribution in [0.2, 0.25) is 0 Å². The molecule has 16 heavy (non-hydrogen) atoms. The zero-order valence-electron chi connectivity index (χ0n) is 10.9. The molecule has 0 aromatic heterocycles. The first-order valence-corrected chi connectivity index (χ1v) is 6.23. The summed E-state index contributed by atoms with van der Waals surface area (Å²) in [6.45, 7) is 12.2. The molecule has 1 rings (SSSR count). The van der Waals surface area contributed by atoms with Crippen LogP contribution in [0.25, 0.3) is 0 Å². The normalized spacial score (nSPS) is 10.9. The summed E-state index contributed by atoms with van der Waals surface area (Å²) in [6, 6.07) is 0. The van der Waals surface area contributed by atoms with Crippen LogP contribution in [0.3, 0.4) is 0 Å². The summed E-state index contributed by atoms with van der Waals surface area (Å²) in [6.07, 6.45) is 0. The van der Waals surface area contributed by atoms with E-state index in [1.165, 1.54) is 33.4 Å². The molecule has 2 heteroatoms. The predicted octanol–water partition coefficient (Wildman–Crippen LogP) is 3.98. The monoisotopic (exact) mass is 240 g/mol. The first-order chi connectivity index (χ1) is 7.50. The predicted molar refractivity (Wildman–Crippen MR) is 70.5 cm³/mol. The number of halogens is 1. The molecule has 1 aromatic carbocycles. The van der Waals surface area contributed by atoms with Gasteiger partial charge >= 0.3 is 0 Å². The Kier molecular flexibility index (Phi) is 4.82. The van der Waals surface area contributed by atoms with Gasteiger partial charge in [0.15, 0.2) is 0 Å². The van der Waals surface area contributed by atoms with Crippen molar-refractivity contribution in [3.63, 3.8) is 0 Å². The van der Waals surface area contributed by atoms with Gasteiger partial charge in [-0.05, 0) is 68.0 Å². The lowest BCUT2D eigenvalue weighted by Gasteiger charge is -2.18. The third-order valence-corrected chi connectivity index (χ3v) is 3.78. The Labute approximate surface area is 104 Å². The first kappa shape index (κ1) is 13.5. The lowest BCUT2D eigenvalue weighted by atomic mass is 9.90. The van der Waals surface area contributed by atoms with Crippen molar-refractivity contribution >= 4 is 11.6 Å². The van der Waals surface area contributed by atoms with Crippen LogP contribution >= 0.6 is 11.6 Å². The number of hydrogen-bond acceptors (Lipinski definition) is 1. The molecule has 0 heterocycles. The quantitative estimate of drug-likeness (QED) is 0.571. The van der Waals surface area contributed by atoms with Gasteiger partial charge < -0.3 is 4.74 Å². The first-order valence-electron chi connectivity index (χ1n) is 5.70. The zero-order valence-corrected chi connectivity index (χ0v) is 11.7. The van der Waals surface area contributed by atoms with Crippen molar-refractivity contribution in [3.05, 3.63) is 33.4 Å². The third-order valence-electron chi connectivity index (χ3n) is 3.62. The van der Waals surface area contributed by atoms with E-state index in [0.717, 1.165) is 0 Å². The summed E-state index contributed by atoms with van der Waals surface area (Å²) in [5.74, 6) is 0.557. The number of rotatable bonds is 4. The Morgan fingerprint density at radius 1 is 0.812 bits per heavy atom. The zero-order chi connectivity index (χ0) is 12.3. The Bertz CT molecular complexity index is 354. The standard InChI is InChI=1S/C14H21ClO/c1-9-10(2)12(4)14(8-16-7-6-15)13(5)11(9)3/h6-8H2,1-5H3. The second-order valence-electron chi connectivity index (χ2n) is 4.35. The molecule has 0 saturated carbocycles. The van der Waals surface area contributed by atoms with E-state index in [1.54, 1.807) is 0 Å². The Morgan fingerprint density at radius 3 is 1.69 bits per heavy atom. The van der Waals surface area contributed by atoms with Crippen LogP contribution < -0.4 is 0 Å². The highest BCUT2D eigenvalue weighted by molar-refractivity contribution is 6.17. The van der Waals surface area contributed by atoms with E-state index in [9.17, 15) is 0 Å². The Balaban J connectivity index is 3.08. The van der Waals surface area contributed by atoms with Gasteiger partial charge in [0.25, 0.3) is 0 Å². The third kappa shape index (κ3) is 2.58. The number of hydrogen-bond donors (Lipinski definition) is 0. The summed E-state index contributed by atoms with van der Waals surface area (Å²) >= 11 is 5.61. The summed E-state index contributed by atoms with van der Waals surface area (Å²) in [7, 11) is 0. The molecule has 0 aliphatic carbocycles. The maximum absolute atomic E-state index is 5.61. The van der Waals surface area contributed by atoms with E-state index >= 15 is 0 Å². The maximum Gasteiger partial charge on any atom is 0.0722 e. The molecule has 0 aliphatic rings. The molecule has 0 radical (unpaired) electrons. The number of alkyl halides is 1. The van der Waals surface area contributed by atoms with E-state index < -0.39 is 0 Å². The fraction of sp³-hybridized carbons (Fsp3) is 0.571. The number of benzene rings is 1. The van der Waals surface area contributed by atoms with E-state index in [1.807, 2.05) is 0 Å². The molecular formula is C14H21ClO. The highest BCUT2D eigenvalue weighted by atomic mass is 35.5. The second kappa shape index (κ2) is 5.70. The van der Waals surface area contributed by atoms with Crippen LogP contribution in [0.1, 0.15) is 33.4 Å². The molecule has 0 saturated heterocycles. The smallest absolute Gasteiger partial charge is 0.0722 e. The number of ether oxygens (including phenoxy) is 1. The van der Waals surface area contributed by atoms with E-state index in [2.05, 4.69) is 34.6 Å². The molecule has 0 spiro atoms. The Morgan fingerprint density at radius 2 is 1.25 bits per heavy atom. The van der Waals surface area contributed by atoms with Gasteiger partial charge in [0.2, 0.25) is 0 Å². The molecular weight excluding hydrogens is 220 g/mol. The van der Waals surface area contributed by atoms with Gasteiger partial charge in [-0.2, -0.15) is 0 Å². The van der Waals surface area contributed by atoms with Crippen LogP contribution in [-0.2, 0) is 11.3 Å². The fourth-order valence-electron chi connectivity index (χ4n) is 2.02. The van der Waals surface area contributed by atoms with Gasteiger partial charge in [0.1, 0.15) is 0 Å². The average molecular weight is 241 g/mol. The molecule has 0 amide bonds. The van der Waals surface area contributed by atoms with Crippen LogP contribution in [0, 0.1) is 34.6 Å². The van der Waals surface area contributed by atoms with E-state index in [-0.39, 0.29) is 0 Å². The van der Waals surface area contributed by atoms with Crippen molar-refractivity contribution in [1.82, 2.24) is 0 Å². The lowest BCUT2D eigenvalue weighted by Crippen LogP contribution is -2.05. The molecule has 0 fully saturated rings. The van der Waals surface area contributed by atoms with Crippen molar-refractivity contribution in [2.75, 3.05) is 12.5 Å². The summed E-state index contributed by atoms with van der Waals surface area (Å²) in [4.78, 5) is 0. The van der Waals surface area contributed by atoms with E-state index in [0.29, 0.717) is 19.1 Å². The molecule has 1 aromatic rings. The largest absolute Gasteiger partial charge is 0.376 e. The lowest BCUT2D eigenvalue weighted by molar-refractivity contribution is 0.135. The topological polar surface area (TPSA) is 9.23 Å².